The Morgan fingerprint density at radius 2 is 1.48 bits per heavy atom. The van der Waals surface area contributed by atoms with Gasteiger partial charge in [0.2, 0.25) is 11.8 Å². The summed E-state index contributed by atoms with van der Waals surface area (Å²) < 4.78 is 34.9. The number of hydrogen-bond donors (Lipinski definition) is 1. The highest BCUT2D eigenvalue weighted by atomic mass is 35.5. The third-order valence-electron chi connectivity index (χ3n) is 7.37. The molecule has 0 spiro atoms. The minimum Gasteiger partial charge on any atom is -0.497 e. The van der Waals surface area contributed by atoms with Gasteiger partial charge in [-0.3, -0.25) is 13.9 Å². The molecule has 46 heavy (non-hydrogen) atoms. The number of amides is 2. The molecule has 10 heteroatoms. The number of hydrogen-bond acceptors (Lipinski definition) is 5. The van der Waals surface area contributed by atoms with Crippen molar-refractivity contribution in [1.29, 1.82) is 0 Å². The standard InChI is InChI=1S/C36H40ClN3O5S/c1-26-31(37)20-13-21-32(26)40(46(43,44)30-18-10-7-11-19-30)25-34(41)39(24-28-16-12-17-29(22-28)45-5)33(35(42)38-36(2,3)4)23-27-14-8-6-9-15-27/h6-22,33H,23-25H2,1-5H3,(H,38,42)/t33-/m1/s1. The number of ether oxygens (including phenoxy) is 1. The van der Waals surface area contributed by atoms with Gasteiger partial charge in [-0.2, -0.15) is 0 Å². The number of carbonyl (C=O) groups is 2. The first kappa shape index (κ1) is 34.5. The van der Waals surface area contributed by atoms with Crippen molar-refractivity contribution in [2.24, 2.45) is 0 Å². The van der Waals surface area contributed by atoms with E-state index in [2.05, 4.69) is 5.32 Å². The van der Waals surface area contributed by atoms with Crippen LogP contribution in [0.25, 0.3) is 0 Å². The third-order valence-corrected chi connectivity index (χ3v) is 9.56. The Labute approximate surface area is 277 Å². The van der Waals surface area contributed by atoms with Crippen LogP contribution in [0, 0.1) is 6.92 Å². The van der Waals surface area contributed by atoms with E-state index in [4.69, 9.17) is 16.3 Å². The number of benzene rings is 4. The first-order valence-corrected chi connectivity index (χ1v) is 16.7. The number of halogens is 1. The summed E-state index contributed by atoms with van der Waals surface area (Å²) in [6.07, 6.45) is 0.208. The van der Waals surface area contributed by atoms with Gasteiger partial charge in [0.15, 0.2) is 0 Å². The van der Waals surface area contributed by atoms with Crippen LogP contribution in [0.15, 0.2) is 108 Å². The van der Waals surface area contributed by atoms with Crippen LogP contribution in [-0.4, -0.2) is 50.4 Å². The average molecular weight is 662 g/mol. The molecule has 4 aromatic rings. The molecule has 0 aliphatic rings. The monoisotopic (exact) mass is 661 g/mol. The fourth-order valence-electron chi connectivity index (χ4n) is 5.07. The Bertz CT molecular complexity index is 1760. The zero-order valence-corrected chi connectivity index (χ0v) is 28.3. The van der Waals surface area contributed by atoms with Gasteiger partial charge in [-0.15, -0.1) is 0 Å². The van der Waals surface area contributed by atoms with Crippen LogP contribution < -0.4 is 14.4 Å². The molecule has 0 fully saturated rings. The number of rotatable bonds is 12. The number of anilines is 1. The van der Waals surface area contributed by atoms with E-state index in [1.165, 1.54) is 17.0 Å². The van der Waals surface area contributed by atoms with Crippen molar-refractivity contribution < 1.29 is 22.7 Å². The molecule has 4 aromatic carbocycles. The van der Waals surface area contributed by atoms with Crippen molar-refractivity contribution >= 4 is 39.1 Å². The molecule has 1 N–H and O–H groups in total. The van der Waals surface area contributed by atoms with Gasteiger partial charge in [0.25, 0.3) is 10.0 Å². The number of nitrogens with zero attached hydrogens (tertiary/aromatic N) is 2. The van der Waals surface area contributed by atoms with Crippen molar-refractivity contribution in [2.75, 3.05) is 18.0 Å². The van der Waals surface area contributed by atoms with Gasteiger partial charge in [0.1, 0.15) is 18.3 Å². The predicted molar refractivity (Wildman–Crippen MR) is 183 cm³/mol. The zero-order chi connectivity index (χ0) is 33.5. The van der Waals surface area contributed by atoms with Crippen LogP contribution in [0.4, 0.5) is 5.69 Å². The molecule has 0 aliphatic carbocycles. The van der Waals surface area contributed by atoms with Crippen molar-refractivity contribution in [3.8, 4) is 5.75 Å². The molecule has 242 valence electrons. The Balaban J connectivity index is 1.85. The van der Waals surface area contributed by atoms with E-state index in [0.717, 1.165) is 9.87 Å². The summed E-state index contributed by atoms with van der Waals surface area (Å²) in [5.41, 5.74) is 1.74. The summed E-state index contributed by atoms with van der Waals surface area (Å²) in [6.45, 7) is 6.77. The fraction of sp³-hybridized carbons (Fsp3) is 0.278. The van der Waals surface area contributed by atoms with E-state index in [0.29, 0.717) is 21.9 Å². The van der Waals surface area contributed by atoms with Crippen molar-refractivity contribution in [1.82, 2.24) is 10.2 Å². The highest BCUT2D eigenvalue weighted by Gasteiger charge is 2.36. The maximum absolute atomic E-state index is 14.6. The van der Waals surface area contributed by atoms with Gasteiger partial charge >= 0.3 is 0 Å². The SMILES string of the molecule is COc1cccc(CN(C(=O)CN(c2cccc(Cl)c2C)S(=O)(=O)c2ccccc2)[C@H](Cc2ccccc2)C(=O)NC(C)(C)C)c1. The normalized spacial score (nSPS) is 12.2. The smallest absolute Gasteiger partial charge is 0.264 e. The summed E-state index contributed by atoms with van der Waals surface area (Å²) in [4.78, 5) is 30.1. The topological polar surface area (TPSA) is 96.0 Å². The van der Waals surface area contributed by atoms with Crippen LogP contribution in [0.1, 0.15) is 37.5 Å². The van der Waals surface area contributed by atoms with Crippen LogP contribution in [0.5, 0.6) is 5.75 Å². The van der Waals surface area contributed by atoms with Crippen molar-refractivity contribution in [2.45, 2.75) is 57.1 Å². The van der Waals surface area contributed by atoms with Gasteiger partial charge < -0.3 is 15.0 Å². The second-order valence-corrected chi connectivity index (χ2v) is 14.3. The average Bonchev–Trinajstić information content (AvgIpc) is 3.03. The van der Waals surface area contributed by atoms with E-state index in [-0.39, 0.29) is 29.5 Å². The molecule has 4 rings (SSSR count). The molecule has 0 saturated carbocycles. The molecular weight excluding hydrogens is 622 g/mol. The summed E-state index contributed by atoms with van der Waals surface area (Å²) in [5.74, 6) is -0.331. The van der Waals surface area contributed by atoms with Crippen LogP contribution >= 0.6 is 11.6 Å². The van der Waals surface area contributed by atoms with Gasteiger partial charge in [0, 0.05) is 23.5 Å². The molecular formula is C36H40ClN3O5S. The van der Waals surface area contributed by atoms with Crippen LogP contribution in [0.3, 0.4) is 0 Å². The molecule has 1 atom stereocenters. The number of carbonyl (C=O) groups excluding carboxylic acids is 2. The lowest BCUT2D eigenvalue weighted by molar-refractivity contribution is -0.140. The van der Waals surface area contributed by atoms with E-state index in [1.807, 2.05) is 57.2 Å². The molecule has 0 radical (unpaired) electrons. The van der Waals surface area contributed by atoms with E-state index in [9.17, 15) is 18.0 Å². The third kappa shape index (κ3) is 8.68. The van der Waals surface area contributed by atoms with Crippen molar-refractivity contribution in [3.63, 3.8) is 0 Å². The molecule has 0 heterocycles. The quantitative estimate of drug-likeness (QED) is 0.189. The molecule has 8 nitrogen and oxygen atoms in total. The maximum Gasteiger partial charge on any atom is 0.264 e. The minimum absolute atomic E-state index is 0.0211. The molecule has 0 aromatic heterocycles. The number of methoxy groups -OCH3 is 1. The summed E-state index contributed by atoms with van der Waals surface area (Å²) in [5, 5.41) is 3.39. The van der Waals surface area contributed by atoms with Gasteiger partial charge in [0.05, 0.1) is 17.7 Å². The highest BCUT2D eigenvalue weighted by Crippen LogP contribution is 2.31. The first-order valence-electron chi connectivity index (χ1n) is 14.9. The van der Waals surface area contributed by atoms with Crippen LogP contribution in [0.2, 0.25) is 5.02 Å². The Morgan fingerprint density at radius 3 is 2.11 bits per heavy atom. The summed E-state index contributed by atoms with van der Waals surface area (Å²) >= 11 is 6.45. The molecule has 0 unspecified atom stereocenters. The lowest BCUT2D eigenvalue weighted by Gasteiger charge is -2.35. The Kier molecular flexibility index (Phi) is 11.1. The Hall–Kier alpha value is -4.34. The maximum atomic E-state index is 14.6. The van der Waals surface area contributed by atoms with E-state index < -0.39 is 34.1 Å². The Morgan fingerprint density at radius 1 is 0.870 bits per heavy atom. The molecule has 0 aliphatic heterocycles. The second-order valence-electron chi connectivity index (χ2n) is 12.0. The van der Waals surface area contributed by atoms with Gasteiger partial charge in [-0.25, -0.2) is 8.42 Å². The predicted octanol–water partition coefficient (Wildman–Crippen LogP) is 6.41. The fourth-order valence-corrected chi connectivity index (χ4v) is 6.74. The summed E-state index contributed by atoms with van der Waals surface area (Å²) in [7, 11) is -2.68. The van der Waals surface area contributed by atoms with Gasteiger partial charge in [-0.1, -0.05) is 78.3 Å². The van der Waals surface area contributed by atoms with Crippen molar-refractivity contribution in [3.05, 3.63) is 125 Å². The highest BCUT2D eigenvalue weighted by molar-refractivity contribution is 7.92. The number of sulfonamides is 1. The number of nitrogens with one attached hydrogen (secondary N) is 1. The van der Waals surface area contributed by atoms with E-state index >= 15 is 0 Å². The van der Waals surface area contributed by atoms with Crippen LogP contribution in [-0.2, 0) is 32.6 Å². The molecule has 2 amide bonds. The lowest BCUT2D eigenvalue weighted by atomic mass is 10.0. The molecule has 0 saturated heterocycles. The zero-order valence-electron chi connectivity index (χ0n) is 26.7. The lowest BCUT2D eigenvalue weighted by Crippen LogP contribution is -2.56. The minimum atomic E-state index is -4.23. The second kappa shape index (κ2) is 14.8. The van der Waals surface area contributed by atoms with Gasteiger partial charge in [-0.05, 0) is 80.8 Å². The van der Waals surface area contributed by atoms with E-state index in [1.54, 1.807) is 68.6 Å². The first-order chi connectivity index (χ1) is 21.8. The summed E-state index contributed by atoms with van der Waals surface area (Å²) in [6, 6.07) is 28.5. The molecule has 0 bridgehead atoms. The largest absolute Gasteiger partial charge is 0.497 e.